The number of carbonyl (C=O) groups excluding carboxylic acids is 1. The second kappa shape index (κ2) is 6.61. The van der Waals surface area contributed by atoms with Crippen LogP contribution in [0.15, 0.2) is 73.1 Å². The third-order valence-corrected chi connectivity index (χ3v) is 4.02. The minimum atomic E-state index is -0.0576. The molecule has 0 N–H and O–H groups in total. The van der Waals surface area contributed by atoms with Crippen molar-refractivity contribution in [2.75, 3.05) is 6.79 Å². The van der Waals surface area contributed by atoms with E-state index in [2.05, 4.69) is 4.98 Å². The Bertz CT molecular complexity index is 931. The number of rotatable bonds is 4. The quantitative estimate of drug-likeness (QED) is 0.527. The maximum Gasteiger partial charge on any atom is 0.231 e. The molecule has 0 amide bonds. The first-order chi connectivity index (χ1) is 12.3. The molecule has 25 heavy (non-hydrogen) atoms. The molecule has 1 aliphatic heterocycles. The van der Waals surface area contributed by atoms with E-state index in [1.807, 2.05) is 54.6 Å². The molecule has 3 aromatic rings. The van der Waals surface area contributed by atoms with Gasteiger partial charge in [0, 0.05) is 23.5 Å². The lowest BCUT2D eigenvalue weighted by Gasteiger charge is -2.03. The monoisotopic (exact) mass is 329 g/mol. The second-order valence-corrected chi connectivity index (χ2v) is 5.59. The van der Waals surface area contributed by atoms with Crippen LogP contribution in [0.1, 0.15) is 15.9 Å². The van der Waals surface area contributed by atoms with Gasteiger partial charge in [-0.3, -0.25) is 9.78 Å². The second-order valence-electron chi connectivity index (χ2n) is 5.59. The Morgan fingerprint density at radius 1 is 0.920 bits per heavy atom. The number of hydrogen-bond acceptors (Lipinski definition) is 4. The average Bonchev–Trinajstić information content (AvgIpc) is 3.16. The molecule has 0 unspecified atom stereocenters. The summed E-state index contributed by atoms with van der Waals surface area (Å²) in [6.07, 6.45) is 6.81. The van der Waals surface area contributed by atoms with E-state index >= 15 is 0 Å². The van der Waals surface area contributed by atoms with Crippen molar-refractivity contribution in [1.82, 2.24) is 4.98 Å². The van der Waals surface area contributed by atoms with Crippen LogP contribution in [0.5, 0.6) is 11.5 Å². The molecule has 122 valence electrons. The van der Waals surface area contributed by atoms with E-state index in [0.717, 1.165) is 16.7 Å². The van der Waals surface area contributed by atoms with Gasteiger partial charge in [0.2, 0.25) is 6.79 Å². The van der Waals surface area contributed by atoms with Gasteiger partial charge in [-0.15, -0.1) is 0 Å². The molecule has 0 fully saturated rings. The third-order valence-electron chi connectivity index (χ3n) is 4.02. The van der Waals surface area contributed by atoms with Crippen molar-refractivity contribution in [3.05, 3.63) is 84.2 Å². The summed E-state index contributed by atoms with van der Waals surface area (Å²) in [5.41, 5.74) is 3.59. The summed E-state index contributed by atoms with van der Waals surface area (Å²) in [6.45, 7) is 0.213. The first-order valence-electron chi connectivity index (χ1n) is 7.93. The van der Waals surface area contributed by atoms with Gasteiger partial charge in [-0.2, -0.15) is 0 Å². The Labute approximate surface area is 145 Å². The standard InChI is InChI=1S/C21H15NO3/c23-19(9-8-18-2-1-3-20-21(18)25-14-24-20)17-6-4-15(5-7-17)16-10-12-22-13-11-16/h1-13H,14H2/b9-8+. The predicted molar refractivity (Wildman–Crippen MR) is 95.6 cm³/mol. The van der Waals surface area contributed by atoms with Crippen LogP contribution in [0.2, 0.25) is 0 Å². The number of benzene rings is 2. The van der Waals surface area contributed by atoms with E-state index < -0.39 is 0 Å². The van der Waals surface area contributed by atoms with Gasteiger partial charge >= 0.3 is 0 Å². The lowest BCUT2D eigenvalue weighted by atomic mass is 10.0. The van der Waals surface area contributed by atoms with Crippen LogP contribution in [0.25, 0.3) is 17.2 Å². The summed E-state index contributed by atoms with van der Waals surface area (Å²) >= 11 is 0. The summed E-state index contributed by atoms with van der Waals surface area (Å²) in [6, 6.07) is 17.0. The molecule has 2 heterocycles. The smallest absolute Gasteiger partial charge is 0.231 e. The Morgan fingerprint density at radius 2 is 1.68 bits per heavy atom. The van der Waals surface area contributed by atoms with Crippen molar-refractivity contribution in [2.45, 2.75) is 0 Å². The van der Waals surface area contributed by atoms with Crippen LogP contribution in [0.4, 0.5) is 0 Å². The highest BCUT2D eigenvalue weighted by Crippen LogP contribution is 2.36. The normalized spacial score (nSPS) is 12.5. The maximum absolute atomic E-state index is 12.4. The van der Waals surface area contributed by atoms with E-state index in [0.29, 0.717) is 17.1 Å². The van der Waals surface area contributed by atoms with E-state index in [-0.39, 0.29) is 12.6 Å². The molecule has 1 aliphatic rings. The minimum absolute atomic E-state index is 0.0576. The maximum atomic E-state index is 12.4. The lowest BCUT2D eigenvalue weighted by molar-refractivity contribution is 0.104. The van der Waals surface area contributed by atoms with Crippen LogP contribution in [-0.2, 0) is 0 Å². The first-order valence-corrected chi connectivity index (χ1v) is 7.93. The van der Waals surface area contributed by atoms with Crippen LogP contribution in [0, 0.1) is 0 Å². The van der Waals surface area contributed by atoms with Crippen molar-refractivity contribution in [2.24, 2.45) is 0 Å². The molecule has 0 spiro atoms. The van der Waals surface area contributed by atoms with Gasteiger partial charge in [0.05, 0.1) is 0 Å². The molecule has 0 saturated heterocycles. The molecule has 0 bridgehead atoms. The highest BCUT2D eigenvalue weighted by atomic mass is 16.7. The van der Waals surface area contributed by atoms with Gasteiger partial charge in [-0.25, -0.2) is 0 Å². The van der Waals surface area contributed by atoms with E-state index in [1.54, 1.807) is 24.5 Å². The van der Waals surface area contributed by atoms with E-state index in [1.165, 1.54) is 0 Å². The molecule has 4 rings (SSSR count). The molecular formula is C21H15NO3. The number of para-hydroxylation sites is 1. The Balaban J connectivity index is 1.53. The number of ether oxygens (including phenoxy) is 2. The Morgan fingerprint density at radius 3 is 2.48 bits per heavy atom. The SMILES string of the molecule is O=C(/C=C/c1cccc2c1OCO2)c1ccc(-c2ccncc2)cc1. The van der Waals surface area contributed by atoms with Gasteiger partial charge in [0.25, 0.3) is 0 Å². The summed E-state index contributed by atoms with van der Waals surface area (Å²) in [5, 5.41) is 0. The zero-order valence-corrected chi connectivity index (χ0v) is 13.4. The molecule has 0 aliphatic carbocycles. The van der Waals surface area contributed by atoms with E-state index in [4.69, 9.17) is 9.47 Å². The van der Waals surface area contributed by atoms with Crippen LogP contribution >= 0.6 is 0 Å². The molecule has 2 aromatic carbocycles. The van der Waals surface area contributed by atoms with Crippen molar-refractivity contribution in [3.8, 4) is 22.6 Å². The van der Waals surface area contributed by atoms with Gasteiger partial charge in [-0.05, 0) is 41.5 Å². The molecule has 0 radical (unpaired) electrons. The zero-order valence-electron chi connectivity index (χ0n) is 13.4. The van der Waals surface area contributed by atoms with Crippen molar-refractivity contribution in [3.63, 3.8) is 0 Å². The predicted octanol–water partition coefficient (Wildman–Crippen LogP) is 4.37. The zero-order chi connectivity index (χ0) is 17.1. The average molecular weight is 329 g/mol. The minimum Gasteiger partial charge on any atom is -0.454 e. The number of aromatic nitrogens is 1. The molecule has 4 heteroatoms. The number of hydrogen-bond donors (Lipinski definition) is 0. The summed E-state index contributed by atoms with van der Waals surface area (Å²) in [5.74, 6) is 1.33. The number of pyridine rings is 1. The fourth-order valence-corrected chi connectivity index (χ4v) is 2.72. The fraction of sp³-hybridized carbons (Fsp3) is 0.0476. The lowest BCUT2D eigenvalue weighted by Crippen LogP contribution is -1.95. The molecule has 4 nitrogen and oxygen atoms in total. The van der Waals surface area contributed by atoms with Crippen molar-refractivity contribution < 1.29 is 14.3 Å². The van der Waals surface area contributed by atoms with Crippen molar-refractivity contribution >= 4 is 11.9 Å². The number of ketones is 1. The van der Waals surface area contributed by atoms with Gasteiger partial charge in [-0.1, -0.05) is 36.4 Å². The van der Waals surface area contributed by atoms with Gasteiger partial charge < -0.3 is 9.47 Å². The molecular weight excluding hydrogens is 314 g/mol. The van der Waals surface area contributed by atoms with Crippen LogP contribution in [-0.4, -0.2) is 17.6 Å². The summed E-state index contributed by atoms with van der Waals surface area (Å²) in [7, 11) is 0. The van der Waals surface area contributed by atoms with E-state index in [9.17, 15) is 4.79 Å². The van der Waals surface area contributed by atoms with Crippen LogP contribution in [0.3, 0.4) is 0 Å². The Hall–Kier alpha value is -3.40. The molecule has 0 atom stereocenters. The summed E-state index contributed by atoms with van der Waals surface area (Å²) < 4.78 is 10.8. The fourth-order valence-electron chi connectivity index (χ4n) is 2.72. The number of nitrogens with zero attached hydrogens (tertiary/aromatic N) is 1. The summed E-state index contributed by atoms with van der Waals surface area (Å²) in [4.78, 5) is 16.4. The van der Waals surface area contributed by atoms with Crippen molar-refractivity contribution in [1.29, 1.82) is 0 Å². The number of carbonyl (C=O) groups is 1. The topological polar surface area (TPSA) is 48.4 Å². The molecule has 0 saturated carbocycles. The van der Waals surface area contributed by atoms with Gasteiger partial charge in [0.15, 0.2) is 17.3 Å². The van der Waals surface area contributed by atoms with Gasteiger partial charge in [0.1, 0.15) is 0 Å². The molecule has 1 aromatic heterocycles. The van der Waals surface area contributed by atoms with Crippen LogP contribution < -0.4 is 9.47 Å². The number of fused-ring (bicyclic) bond motifs is 1. The third kappa shape index (κ3) is 3.15. The first kappa shape index (κ1) is 15.1. The number of allylic oxidation sites excluding steroid dienone is 1. The Kier molecular flexibility index (Phi) is 4.01. The highest BCUT2D eigenvalue weighted by Gasteiger charge is 2.15. The largest absolute Gasteiger partial charge is 0.454 e. The highest BCUT2D eigenvalue weighted by molar-refractivity contribution is 6.07.